The molecule has 0 saturated carbocycles. The molecule has 11 heteroatoms. The highest BCUT2D eigenvalue weighted by molar-refractivity contribution is 7.07. The van der Waals surface area contributed by atoms with E-state index in [-0.39, 0.29) is 38.3 Å². The van der Waals surface area contributed by atoms with E-state index in [2.05, 4.69) is 6.07 Å². The summed E-state index contributed by atoms with van der Waals surface area (Å²) in [4.78, 5) is 50.4. The summed E-state index contributed by atoms with van der Waals surface area (Å²) in [6, 6.07) is 14.7. The number of hydrogen-bond acceptors (Lipinski definition) is 10. The molecule has 2 aromatic carbocycles. The van der Waals surface area contributed by atoms with Gasteiger partial charge in [-0.25, -0.2) is 14.4 Å². The van der Waals surface area contributed by atoms with Gasteiger partial charge in [-0.2, -0.15) is 5.26 Å². The van der Waals surface area contributed by atoms with Crippen LogP contribution in [0, 0.1) is 11.3 Å². The van der Waals surface area contributed by atoms with E-state index < -0.39 is 29.4 Å². The Bertz CT molecular complexity index is 1720. The van der Waals surface area contributed by atoms with Gasteiger partial charge in [-0.05, 0) is 48.4 Å². The third-order valence-electron chi connectivity index (χ3n) is 6.06. The average molecular weight is 546 g/mol. The fourth-order valence-electron chi connectivity index (χ4n) is 4.20. The molecule has 0 saturated heterocycles. The first-order valence-corrected chi connectivity index (χ1v) is 12.5. The molecule has 0 spiro atoms. The summed E-state index contributed by atoms with van der Waals surface area (Å²) < 4.78 is 16.4. The molecule has 10 nitrogen and oxygen atoms in total. The molecule has 39 heavy (non-hydrogen) atoms. The van der Waals surface area contributed by atoms with Crippen molar-refractivity contribution in [3.63, 3.8) is 0 Å². The summed E-state index contributed by atoms with van der Waals surface area (Å²) >= 11 is 1.03. The van der Waals surface area contributed by atoms with Crippen molar-refractivity contribution in [2.45, 2.75) is 12.8 Å². The number of carbonyl (C=O) groups excluding carboxylic acids is 3. The normalized spacial score (nSPS) is 14.9. The Hall–Kier alpha value is -4.95. The number of thiazole rings is 1. The predicted molar refractivity (Wildman–Crippen MR) is 143 cm³/mol. The van der Waals surface area contributed by atoms with Crippen LogP contribution in [0.4, 0.5) is 0 Å². The fourth-order valence-corrected chi connectivity index (χ4v) is 5.37. The lowest BCUT2D eigenvalue weighted by Gasteiger charge is -2.24. The van der Waals surface area contributed by atoms with Crippen LogP contribution < -0.4 is 20.5 Å². The van der Waals surface area contributed by atoms with Gasteiger partial charge < -0.3 is 19.9 Å². The van der Waals surface area contributed by atoms with E-state index in [1.54, 1.807) is 49.4 Å². The van der Waals surface area contributed by atoms with Crippen LogP contribution in [-0.4, -0.2) is 43.3 Å². The van der Waals surface area contributed by atoms with Crippen LogP contribution in [-0.2, 0) is 19.0 Å². The highest BCUT2D eigenvalue weighted by Gasteiger charge is 2.36. The third kappa shape index (κ3) is 4.97. The number of rotatable bonds is 6. The molecule has 1 aliphatic rings. The molecule has 2 N–H and O–H groups in total. The molecule has 2 heterocycles. The number of nitrogens with zero attached hydrogens (tertiary/aromatic N) is 2. The Labute approximate surface area is 226 Å². The van der Waals surface area contributed by atoms with Gasteiger partial charge in [0, 0.05) is 0 Å². The number of nitriles is 1. The van der Waals surface area contributed by atoms with E-state index >= 15 is 0 Å². The Morgan fingerprint density at radius 3 is 2.08 bits per heavy atom. The fraction of sp³-hybridized carbons (Fsp3) is 0.179. The quantitative estimate of drug-likeness (QED) is 0.359. The van der Waals surface area contributed by atoms with Crippen LogP contribution in [0.3, 0.4) is 0 Å². The summed E-state index contributed by atoms with van der Waals surface area (Å²) in [5, 5.41) is 10.1. The van der Waals surface area contributed by atoms with Gasteiger partial charge in [0.1, 0.15) is 10.5 Å². The van der Waals surface area contributed by atoms with Crippen LogP contribution in [0.2, 0.25) is 0 Å². The van der Waals surface area contributed by atoms with E-state index in [1.807, 2.05) is 0 Å². The van der Waals surface area contributed by atoms with Gasteiger partial charge in [0.15, 0.2) is 0 Å². The van der Waals surface area contributed by atoms with Crippen LogP contribution in [0.15, 0.2) is 58.9 Å². The lowest BCUT2D eigenvalue weighted by molar-refractivity contribution is -0.136. The standard InChI is InChI=1S/C28H23N3O7S/c1-4-38-28(35)22-21(16-9-11-18(12-10-16)27(34)37-3)19(14-29)23(30)31-24(32)20(39-25(22)31)13-15-5-7-17(8-6-15)26(33)36-2/h5-13,21H,4,30H2,1-3H3. The first kappa shape index (κ1) is 27.1. The smallest absolute Gasteiger partial charge is 0.338 e. The Morgan fingerprint density at radius 1 is 1.00 bits per heavy atom. The van der Waals surface area contributed by atoms with E-state index in [1.165, 1.54) is 26.4 Å². The van der Waals surface area contributed by atoms with E-state index in [9.17, 15) is 24.4 Å². The number of methoxy groups -OCH3 is 2. The van der Waals surface area contributed by atoms with Gasteiger partial charge in [0.2, 0.25) is 0 Å². The van der Waals surface area contributed by atoms with Crippen LogP contribution in [0.5, 0.6) is 0 Å². The summed E-state index contributed by atoms with van der Waals surface area (Å²) in [7, 11) is 2.55. The Morgan fingerprint density at radius 2 is 1.56 bits per heavy atom. The molecule has 3 aromatic rings. The highest BCUT2D eigenvalue weighted by Crippen LogP contribution is 2.36. The number of hydrogen-bond donors (Lipinski definition) is 1. The zero-order valence-corrected chi connectivity index (χ0v) is 22.0. The molecule has 1 aromatic heterocycles. The maximum absolute atomic E-state index is 13.5. The highest BCUT2D eigenvalue weighted by atomic mass is 32.1. The number of ether oxygens (including phenoxy) is 3. The topological polar surface area (TPSA) is 151 Å². The molecule has 0 fully saturated rings. The second-order valence-corrected chi connectivity index (χ2v) is 9.29. The average Bonchev–Trinajstić information content (AvgIpc) is 3.27. The maximum Gasteiger partial charge on any atom is 0.338 e. The summed E-state index contributed by atoms with van der Waals surface area (Å²) in [6.07, 6.45) is 1.60. The van der Waals surface area contributed by atoms with Crippen molar-refractivity contribution in [2.75, 3.05) is 20.8 Å². The largest absolute Gasteiger partial charge is 0.465 e. The minimum Gasteiger partial charge on any atom is -0.465 e. The van der Waals surface area contributed by atoms with Crippen LogP contribution in [0.25, 0.3) is 17.5 Å². The predicted octanol–water partition coefficient (Wildman–Crippen LogP) is 1.47. The van der Waals surface area contributed by atoms with Crippen molar-refractivity contribution in [3.8, 4) is 6.07 Å². The second-order valence-electron chi connectivity index (χ2n) is 8.26. The van der Waals surface area contributed by atoms with Gasteiger partial charge in [0.25, 0.3) is 5.56 Å². The first-order chi connectivity index (χ1) is 18.7. The Kier molecular flexibility index (Phi) is 7.78. The SMILES string of the molecule is CCOC(=O)C1=c2sc(=Cc3ccc(C(=O)OC)cc3)c(=O)n2C(N)=C(C#N)C1c1ccc(C(=O)OC)cc1. The maximum atomic E-state index is 13.5. The van der Waals surface area contributed by atoms with E-state index in [0.29, 0.717) is 16.7 Å². The molecule has 1 atom stereocenters. The van der Waals surface area contributed by atoms with Crippen molar-refractivity contribution < 1.29 is 28.6 Å². The van der Waals surface area contributed by atoms with Gasteiger partial charge in [-0.3, -0.25) is 9.36 Å². The summed E-state index contributed by atoms with van der Waals surface area (Å²) in [6.45, 7) is 1.72. The van der Waals surface area contributed by atoms with Gasteiger partial charge in [0.05, 0.1) is 59.6 Å². The number of esters is 3. The van der Waals surface area contributed by atoms with Gasteiger partial charge >= 0.3 is 17.9 Å². The minimum atomic E-state index is -0.939. The van der Waals surface area contributed by atoms with Gasteiger partial charge in [-0.1, -0.05) is 24.3 Å². The molecule has 0 aliphatic carbocycles. The first-order valence-electron chi connectivity index (χ1n) is 11.7. The molecule has 198 valence electrons. The lowest BCUT2D eigenvalue weighted by Crippen LogP contribution is -2.40. The molecule has 1 unspecified atom stereocenters. The summed E-state index contributed by atoms with van der Waals surface area (Å²) in [5.41, 5.74) is 7.67. The number of carbonyl (C=O) groups is 3. The number of aromatic nitrogens is 1. The monoisotopic (exact) mass is 545 g/mol. The lowest BCUT2D eigenvalue weighted by atomic mass is 9.83. The molecule has 1 aliphatic heterocycles. The minimum absolute atomic E-state index is 0.00903. The Balaban J connectivity index is 1.97. The van der Waals surface area contributed by atoms with Crippen LogP contribution >= 0.6 is 11.3 Å². The van der Waals surface area contributed by atoms with E-state index in [4.69, 9.17) is 19.9 Å². The van der Waals surface area contributed by atoms with Crippen molar-refractivity contribution in [3.05, 3.63) is 95.9 Å². The molecule has 4 rings (SSSR count). The van der Waals surface area contributed by atoms with Crippen molar-refractivity contribution in [1.82, 2.24) is 4.57 Å². The van der Waals surface area contributed by atoms with Crippen LogP contribution in [0.1, 0.15) is 44.7 Å². The number of allylic oxidation sites excluding steroid dienone is 1. The second kappa shape index (κ2) is 11.2. The van der Waals surface area contributed by atoms with Gasteiger partial charge in [-0.15, -0.1) is 11.3 Å². The van der Waals surface area contributed by atoms with Crippen molar-refractivity contribution in [2.24, 2.45) is 5.73 Å². The number of nitrogens with two attached hydrogens (primary N) is 1. The molecular weight excluding hydrogens is 522 g/mol. The zero-order chi connectivity index (χ0) is 28.3. The molecule has 0 amide bonds. The van der Waals surface area contributed by atoms with E-state index in [0.717, 1.165) is 15.9 Å². The number of benzene rings is 2. The zero-order valence-electron chi connectivity index (χ0n) is 21.2. The van der Waals surface area contributed by atoms with Crippen molar-refractivity contribution in [1.29, 1.82) is 5.26 Å². The molecular formula is C28H23N3O7S. The molecule has 0 radical (unpaired) electrons. The summed E-state index contributed by atoms with van der Waals surface area (Å²) in [5.74, 6) is -2.78. The molecule has 0 bridgehead atoms. The van der Waals surface area contributed by atoms with Crippen molar-refractivity contribution >= 4 is 46.7 Å². The third-order valence-corrected chi connectivity index (χ3v) is 7.17. The number of fused-ring (bicyclic) bond motifs is 1.